The van der Waals surface area contributed by atoms with Crippen molar-refractivity contribution in [3.63, 3.8) is 0 Å². The molecule has 2 N–H and O–H groups in total. The average molecular weight is 699 g/mol. The number of ether oxygens (including phenoxy) is 3. The zero-order valence-corrected chi connectivity index (χ0v) is 29.3. The second-order valence-corrected chi connectivity index (χ2v) is 15.0. The van der Waals surface area contributed by atoms with Crippen LogP contribution < -0.4 is 15.4 Å². The first-order chi connectivity index (χ1) is 24.3. The van der Waals surface area contributed by atoms with E-state index in [9.17, 15) is 23.6 Å². The molecule has 5 atom stereocenters. The van der Waals surface area contributed by atoms with Crippen LogP contribution in [0.2, 0.25) is 0 Å². The SMILES string of the molecule is CCOC(=O)[C@@]12C[C@H]1/C=C\CC[C@H](NC(=O)OC(C)(C)C)C(=O)N1C[C@@]3(CCc4c(c(-c5cccc(F)c5)nc5ccccc45)O3)C[C@H]1C(=O)N2. The molecule has 1 saturated heterocycles. The quantitative estimate of drug-likeness (QED) is 0.274. The molecule has 2 fully saturated rings. The van der Waals surface area contributed by atoms with E-state index in [1.54, 1.807) is 39.8 Å². The minimum Gasteiger partial charge on any atom is -0.483 e. The van der Waals surface area contributed by atoms with Gasteiger partial charge in [0, 0.05) is 28.9 Å². The maximum absolute atomic E-state index is 14.5. The van der Waals surface area contributed by atoms with Crippen LogP contribution in [0.3, 0.4) is 0 Å². The number of nitrogens with zero attached hydrogens (tertiary/aromatic N) is 2. The molecule has 4 aliphatic rings. The normalized spacial score (nSPS) is 27.9. The Morgan fingerprint density at radius 1 is 1.14 bits per heavy atom. The van der Waals surface area contributed by atoms with Crippen LogP contribution in [0.4, 0.5) is 9.18 Å². The number of esters is 1. The number of halogens is 1. The van der Waals surface area contributed by atoms with E-state index in [4.69, 9.17) is 19.2 Å². The van der Waals surface area contributed by atoms with Crippen LogP contribution in [0.5, 0.6) is 5.75 Å². The van der Waals surface area contributed by atoms with Crippen molar-refractivity contribution in [2.45, 2.75) is 95.0 Å². The minimum absolute atomic E-state index is 0.0386. The largest absolute Gasteiger partial charge is 0.483 e. The fourth-order valence-electron chi connectivity index (χ4n) is 7.68. The van der Waals surface area contributed by atoms with Crippen molar-refractivity contribution in [3.05, 3.63) is 72.1 Å². The van der Waals surface area contributed by atoms with Gasteiger partial charge in [-0.2, -0.15) is 0 Å². The van der Waals surface area contributed by atoms with Gasteiger partial charge in [0.05, 0.1) is 18.7 Å². The highest BCUT2D eigenvalue weighted by molar-refractivity contribution is 5.97. The Bertz CT molecular complexity index is 1940. The van der Waals surface area contributed by atoms with Crippen LogP contribution in [0.25, 0.3) is 22.2 Å². The van der Waals surface area contributed by atoms with Crippen LogP contribution in [0.1, 0.15) is 65.4 Å². The maximum atomic E-state index is 14.5. The highest BCUT2D eigenvalue weighted by atomic mass is 19.1. The Labute approximate surface area is 295 Å². The Morgan fingerprint density at radius 3 is 2.71 bits per heavy atom. The summed E-state index contributed by atoms with van der Waals surface area (Å²) in [6.45, 7) is 7.13. The van der Waals surface area contributed by atoms with Crippen LogP contribution in [0.15, 0.2) is 60.7 Å². The van der Waals surface area contributed by atoms with E-state index in [0.717, 1.165) is 16.5 Å². The number of amides is 3. The lowest BCUT2D eigenvalue weighted by Crippen LogP contribution is -2.57. The van der Waals surface area contributed by atoms with Gasteiger partial charge in [0.25, 0.3) is 0 Å². The summed E-state index contributed by atoms with van der Waals surface area (Å²) in [4.78, 5) is 61.4. The molecule has 3 amide bonds. The zero-order valence-electron chi connectivity index (χ0n) is 29.3. The van der Waals surface area contributed by atoms with E-state index in [-0.39, 0.29) is 31.9 Å². The van der Waals surface area contributed by atoms with E-state index in [1.165, 1.54) is 17.0 Å². The standard InChI is InChI=1S/C39H43FN4O7/c1-5-49-35(47)39-20-24(39)12-6-8-16-29(42-36(48)51-37(2,3)4)34(46)44-22-38(21-30(44)33(45)43-39)18-17-27-26-14-7-9-15-28(26)41-31(32(27)50-38)23-11-10-13-25(40)19-23/h6-7,9-15,19,24,29-30H,5,8,16-18,20-22H2,1-4H3,(H,42,48)(H,43,45)/b12-6-/t24-,29+,30+,38-,39-/m1/s1. The fraction of sp³-hybridized carbons (Fsp3) is 0.462. The van der Waals surface area contributed by atoms with Gasteiger partial charge < -0.3 is 29.7 Å². The second kappa shape index (κ2) is 13.0. The zero-order chi connectivity index (χ0) is 36.1. The van der Waals surface area contributed by atoms with Gasteiger partial charge in [0.1, 0.15) is 46.1 Å². The van der Waals surface area contributed by atoms with E-state index >= 15 is 0 Å². The van der Waals surface area contributed by atoms with Gasteiger partial charge >= 0.3 is 12.1 Å². The summed E-state index contributed by atoms with van der Waals surface area (Å²) >= 11 is 0. The van der Waals surface area contributed by atoms with Crippen molar-refractivity contribution in [1.29, 1.82) is 0 Å². The van der Waals surface area contributed by atoms with E-state index < -0.39 is 58.5 Å². The monoisotopic (exact) mass is 698 g/mol. The lowest BCUT2D eigenvalue weighted by Gasteiger charge is -2.37. The predicted octanol–water partition coefficient (Wildman–Crippen LogP) is 5.39. The Morgan fingerprint density at radius 2 is 1.94 bits per heavy atom. The van der Waals surface area contributed by atoms with Gasteiger partial charge in [-0.15, -0.1) is 0 Å². The molecule has 4 heterocycles. The summed E-state index contributed by atoms with van der Waals surface area (Å²) in [6, 6.07) is 11.9. The van der Waals surface area contributed by atoms with Crippen molar-refractivity contribution < 1.29 is 37.8 Å². The van der Waals surface area contributed by atoms with E-state index in [2.05, 4.69) is 10.6 Å². The number of hydrogen-bond acceptors (Lipinski definition) is 8. The van der Waals surface area contributed by atoms with Crippen molar-refractivity contribution in [3.8, 4) is 17.0 Å². The molecule has 11 nitrogen and oxygen atoms in total. The lowest BCUT2D eigenvalue weighted by atomic mass is 9.86. The summed E-state index contributed by atoms with van der Waals surface area (Å²) in [5.41, 5.74) is -0.369. The predicted molar refractivity (Wildman–Crippen MR) is 186 cm³/mol. The minimum atomic E-state index is -1.23. The molecule has 268 valence electrons. The third-order valence-electron chi connectivity index (χ3n) is 10.2. The lowest BCUT2D eigenvalue weighted by molar-refractivity contribution is -0.150. The van der Waals surface area contributed by atoms with Crippen LogP contribution in [-0.4, -0.2) is 75.7 Å². The smallest absolute Gasteiger partial charge is 0.408 e. The van der Waals surface area contributed by atoms with Gasteiger partial charge in [0.2, 0.25) is 11.8 Å². The third kappa shape index (κ3) is 6.63. The van der Waals surface area contributed by atoms with E-state index in [0.29, 0.717) is 42.7 Å². The first kappa shape index (κ1) is 34.4. The summed E-state index contributed by atoms with van der Waals surface area (Å²) < 4.78 is 32.4. The summed E-state index contributed by atoms with van der Waals surface area (Å²) in [5, 5.41) is 6.64. The van der Waals surface area contributed by atoms with E-state index in [1.807, 2.05) is 36.4 Å². The van der Waals surface area contributed by atoms with Gasteiger partial charge in [-0.05, 0) is 78.0 Å². The molecule has 2 aromatic carbocycles. The average Bonchev–Trinajstić information content (AvgIpc) is 3.66. The van der Waals surface area contributed by atoms with Gasteiger partial charge in [0.15, 0.2) is 0 Å². The van der Waals surface area contributed by atoms with Crippen molar-refractivity contribution in [2.75, 3.05) is 13.2 Å². The number of benzene rings is 2. The van der Waals surface area contributed by atoms with Crippen LogP contribution >= 0.6 is 0 Å². The molecule has 1 aromatic heterocycles. The first-order valence-electron chi connectivity index (χ1n) is 17.6. The molecule has 7 rings (SSSR count). The van der Waals surface area contributed by atoms with Gasteiger partial charge in [-0.1, -0.05) is 42.5 Å². The van der Waals surface area contributed by atoms with Crippen LogP contribution in [-0.2, 0) is 30.3 Å². The number of aryl methyl sites for hydroxylation is 1. The fourth-order valence-corrected chi connectivity index (χ4v) is 7.68. The molecule has 12 heteroatoms. The topological polar surface area (TPSA) is 136 Å². The number of pyridine rings is 1. The molecule has 51 heavy (non-hydrogen) atoms. The van der Waals surface area contributed by atoms with Crippen molar-refractivity contribution in [1.82, 2.24) is 20.5 Å². The van der Waals surface area contributed by atoms with Crippen LogP contribution in [0, 0.1) is 11.7 Å². The molecule has 1 aliphatic carbocycles. The number of aromatic nitrogens is 1. The molecule has 1 saturated carbocycles. The number of hydrogen-bond donors (Lipinski definition) is 2. The summed E-state index contributed by atoms with van der Waals surface area (Å²) in [6.07, 6.45) is 5.19. The summed E-state index contributed by atoms with van der Waals surface area (Å²) in [7, 11) is 0. The highest BCUT2D eigenvalue weighted by Crippen LogP contribution is 2.49. The number of para-hydroxylation sites is 1. The van der Waals surface area contributed by atoms with Crippen molar-refractivity contribution in [2.24, 2.45) is 5.92 Å². The molecular weight excluding hydrogens is 655 g/mol. The number of carbonyl (C=O) groups excluding carboxylic acids is 4. The maximum Gasteiger partial charge on any atom is 0.408 e. The van der Waals surface area contributed by atoms with Gasteiger partial charge in [-0.25, -0.2) is 19.0 Å². The summed E-state index contributed by atoms with van der Waals surface area (Å²) in [5.74, 6) is -1.68. The molecule has 0 radical (unpaired) electrons. The van der Waals surface area contributed by atoms with Gasteiger partial charge in [-0.3, -0.25) is 9.59 Å². The first-order valence-corrected chi connectivity index (χ1v) is 17.6. The second-order valence-electron chi connectivity index (χ2n) is 15.0. The number of carbonyl (C=O) groups is 4. The number of allylic oxidation sites excluding steroid dienone is 1. The Kier molecular flexibility index (Phi) is 8.75. The Hall–Kier alpha value is -5.00. The number of alkyl carbamates (subject to hydrolysis) is 1. The van der Waals surface area contributed by atoms with Crippen molar-refractivity contribution >= 4 is 34.8 Å². The number of fused-ring (bicyclic) bond motifs is 5. The molecule has 1 spiro atoms. The molecule has 3 aliphatic heterocycles. The molecule has 3 aromatic rings. The highest BCUT2D eigenvalue weighted by Gasteiger charge is 2.63. The number of nitrogens with one attached hydrogen (secondary N) is 2. The third-order valence-corrected chi connectivity index (χ3v) is 10.2. The molecular formula is C39H43FN4O7. The molecule has 0 unspecified atom stereocenters. The number of rotatable bonds is 4. The Balaban J connectivity index is 1.28. The molecule has 0 bridgehead atoms.